The van der Waals surface area contributed by atoms with Gasteiger partial charge in [0.15, 0.2) is 11.3 Å². The Hall–Kier alpha value is -2.72. The van der Waals surface area contributed by atoms with Gasteiger partial charge in [-0.1, -0.05) is 25.5 Å². The Morgan fingerprint density at radius 3 is 2.59 bits per heavy atom. The largest absolute Gasteiger partial charge is 0.412 e. The Balaban J connectivity index is 2.39. The quantitative estimate of drug-likeness (QED) is 0.631. The molecule has 0 saturated heterocycles. The topological polar surface area (TPSA) is 116 Å². The number of benzene rings is 1. The van der Waals surface area contributed by atoms with Crippen LogP contribution in [0.4, 0.5) is 0 Å². The third kappa shape index (κ3) is 3.45. The van der Waals surface area contributed by atoms with Crippen LogP contribution in [0.3, 0.4) is 0 Å². The number of aryl methyl sites for hydroxylation is 2. The maximum Gasteiger partial charge on any atom is 0.299 e. The molecular weight excluding hydrogens is 372 g/mol. The highest BCUT2D eigenvalue weighted by Crippen LogP contribution is 2.24. The van der Waals surface area contributed by atoms with Crippen LogP contribution in [0.15, 0.2) is 34.0 Å². The monoisotopic (exact) mass is 392 g/mol. The van der Waals surface area contributed by atoms with Gasteiger partial charge in [0.1, 0.15) is 12.1 Å². The summed E-state index contributed by atoms with van der Waals surface area (Å²) in [5.74, 6) is 0.144. The molecule has 9 nitrogen and oxygen atoms in total. The van der Waals surface area contributed by atoms with Crippen molar-refractivity contribution in [3.63, 3.8) is 0 Å². The first-order valence-corrected chi connectivity index (χ1v) is 9.91. The molecule has 27 heavy (non-hydrogen) atoms. The molecule has 0 aliphatic rings. The molecule has 0 atom stereocenters. The van der Waals surface area contributed by atoms with E-state index in [0.29, 0.717) is 35.3 Å². The maximum atomic E-state index is 12.6. The Bertz CT molecular complexity index is 1160. The van der Waals surface area contributed by atoms with Crippen molar-refractivity contribution in [2.75, 3.05) is 6.61 Å². The molecule has 1 N–H and O–H groups in total. The predicted molar refractivity (Wildman–Crippen MR) is 99.1 cm³/mol. The highest BCUT2D eigenvalue weighted by atomic mass is 32.2. The van der Waals surface area contributed by atoms with Crippen LogP contribution in [0.5, 0.6) is 0 Å². The molecule has 0 bridgehead atoms. The molecule has 2 heterocycles. The van der Waals surface area contributed by atoms with Gasteiger partial charge in [0, 0.05) is 12.6 Å². The SMILES string of the molecule is CCCc1nn(C)c2c(=O)nc(-c3cccc(S(=O)(=O)O)c3)n(OCC)c12. The molecule has 0 unspecified atom stereocenters. The van der Waals surface area contributed by atoms with Crippen molar-refractivity contribution < 1.29 is 17.8 Å². The number of fused-ring (bicyclic) bond motifs is 1. The van der Waals surface area contributed by atoms with Crippen LogP contribution in [-0.4, -0.2) is 39.1 Å². The van der Waals surface area contributed by atoms with Crippen LogP contribution >= 0.6 is 0 Å². The zero-order valence-corrected chi connectivity index (χ0v) is 16.0. The van der Waals surface area contributed by atoms with Crippen LogP contribution in [0.25, 0.3) is 22.4 Å². The summed E-state index contributed by atoms with van der Waals surface area (Å²) in [6.45, 7) is 4.09. The molecule has 0 aliphatic carbocycles. The van der Waals surface area contributed by atoms with Crippen molar-refractivity contribution in [2.24, 2.45) is 7.05 Å². The third-order valence-corrected chi connectivity index (χ3v) is 4.88. The summed E-state index contributed by atoms with van der Waals surface area (Å²) in [6, 6.07) is 5.55. The van der Waals surface area contributed by atoms with E-state index < -0.39 is 15.7 Å². The molecule has 0 radical (unpaired) electrons. The minimum absolute atomic E-state index is 0.144. The summed E-state index contributed by atoms with van der Waals surface area (Å²) in [6.07, 6.45) is 1.46. The van der Waals surface area contributed by atoms with E-state index in [-0.39, 0.29) is 10.7 Å². The zero-order chi connectivity index (χ0) is 19.8. The molecule has 3 aromatic rings. The number of rotatable bonds is 6. The maximum absolute atomic E-state index is 12.6. The summed E-state index contributed by atoms with van der Waals surface area (Å²) in [5, 5.41) is 4.41. The Kier molecular flexibility index (Phi) is 5.03. The Morgan fingerprint density at radius 2 is 1.96 bits per heavy atom. The molecule has 2 aromatic heterocycles. The van der Waals surface area contributed by atoms with Gasteiger partial charge < -0.3 is 4.84 Å². The lowest BCUT2D eigenvalue weighted by Crippen LogP contribution is -2.23. The fraction of sp³-hybridized carbons (Fsp3) is 0.353. The summed E-state index contributed by atoms with van der Waals surface area (Å²) in [7, 11) is -2.73. The Labute approximate surface area is 155 Å². The smallest absolute Gasteiger partial charge is 0.299 e. The Morgan fingerprint density at radius 1 is 1.22 bits per heavy atom. The first kappa shape index (κ1) is 19.1. The van der Waals surface area contributed by atoms with E-state index in [1.165, 1.54) is 27.6 Å². The number of hydrogen-bond donors (Lipinski definition) is 1. The van der Waals surface area contributed by atoms with E-state index in [1.807, 2.05) is 6.92 Å². The molecule has 0 amide bonds. The first-order valence-electron chi connectivity index (χ1n) is 8.47. The second-order valence-electron chi connectivity index (χ2n) is 5.97. The van der Waals surface area contributed by atoms with Gasteiger partial charge >= 0.3 is 0 Å². The molecule has 144 valence electrons. The summed E-state index contributed by atoms with van der Waals surface area (Å²) < 4.78 is 35.1. The van der Waals surface area contributed by atoms with E-state index in [1.54, 1.807) is 20.0 Å². The average molecular weight is 392 g/mol. The molecule has 0 saturated carbocycles. The normalized spacial score (nSPS) is 11.9. The lowest BCUT2D eigenvalue weighted by molar-refractivity contribution is 0.132. The molecule has 10 heteroatoms. The summed E-state index contributed by atoms with van der Waals surface area (Å²) >= 11 is 0. The predicted octanol–water partition coefficient (Wildman–Crippen LogP) is 1.44. The lowest BCUT2D eigenvalue weighted by atomic mass is 10.2. The fourth-order valence-corrected chi connectivity index (χ4v) is 3.49. The minimum Gasteiger partial charge on any atom is -0.412 e. The van der Waals surface area contributed by atoms with Gasteiger partial charge in [0.2, 0.25) is 0 Å². The van der Waals surface area contributed by atoms with Crippen LogP contribution in [0, 0.1) is 0 Å². The zero-order valence-electron chi connectivity index (χ0n) is 15.2. The molecule has 0 fully saturated rings. The summed E-state index contributed by atoms with van der Waals surface area (Å²) in [5.41, 5.74) is 1.33. The number of nitrogens with zero attached hydrogens (tertiary/aromatic N) is 4. The highest BCUT2D eigenvalue weighted by Gasteiger charge is 2.22. The molecule has 0 spiro atoms. The molecule has 3 rings (SSSR count). The van der Waals surface area contributed by atoms with Crippen molar-refractivity contribution in [1.82, 2.24) is 19.5 Å². The van der Waals surface area contributed by atoms with Crippen LogP contribution < -0.4 is 10.4 Å². The molecular formula is C17H20N4O5S. The summed E-state index contributed by atoms with van der Waals surface area (Å²) in [4.78, 5) is 22.2. The van der Waals surface area contributed by atoms with Crippen molar-refractivity contribution in [3.05, 3.63) is 40.3 Å². The van der Waals surface area contributed by atoms with Gasteiger partial charge in [-0.3, -0.25) is 14.0 Å². The van der Waals surface area contributed by atoms with E-state index in [9.17, 15) is 17.8 Å². The van der Waals surface area contributed by atoms with E-state index in [4.69, 9.17) is 4.84 Å². The van der Waals surface area contributed by atoms with Gasteiger partial charge in [-0.2, -0.15) is 23.2 Å². The first-order chi connectivity index (χ1) is 12.8. The van der Waals surface area contributed by atoms with Crippen molar-refractivity contribution in [3.8, 4) is 11.4 Å². The van der Waals surface area contributed by atoms with Crippen LogP contribution in [0.1, 0.15) is 26.0 Å². The lowest BCUT2D eigenvalue weighted by Gasteiger charge is -2.15. The van der Waals surface area contributed by atoms with Gasteiger partial charge in [0.05, 0.1) is 10.6 Å². The van der Waals surface area contributed by atoms with Crippen molar-refractivity contribution >= 4 is 21.2 Å². The fourth-order valence-electron chi connectivity index (χ4n) is 2.96. The van der Waals surface area contributed by atoms with E-state index in [0.717, 1.165) is 6.42 Å². The third-order valence-electron chi connectivity index (χ3n) is 4.03. The van der Waals surface area contributed by atoms with Gasteiger partial charge in [-0.05, 0) is 25.5 Å². The highest BCUT2D eigenvalue weighted by molar-refractivity contribution is 7.85. The van der Waals surface area contributed by atoms with Crippen LogP contribution in [-0.2, 0) is 23.6 Å². The van der Waals surface area contributed by atoms with Crippen LogP contribution in [0.2, 0.25) is 0 Å². The minimum atomic E-state index is -4.40. The van der Waals surface area contributed by atoms with Crippen molar-refractivity contribution in [1.29, 1.82) is 0 Å². The standard InChI is InChI=1S/C17H20N4O5S/c1-4-7-13-14-15(20(3)19-13)17(22)18-16(21(14)26-5-2)11-8-6-9-12(10-11)27(23,24)25/h6,8-10H,4-5,7H2,1-3H3,(H,23,24,25). The van der Waals surface area contributed by atoms with Gasteiger partial charge in [-0.25, -0.2) is 0 Å². The average Bonchev–Trinajstić information content (AvgIpc) is 2.94. The number of aromatic nitrogens is 4. The second kappa shape index (κ2) is 7.12. The van der Waals surface area contributed by atoms with Gasteiger partial charge in [-0.15, -0.1) is 0 Å². The molecule has 0 aliphatic heterocycles. The van der Waals surface area contributed by atoms with E-state index in [2.05, 4.69) is 10.1 Å². The van der Waals surface area contributed by atoms with Crippen molar-refractivity contribution in [2.45, 2.75) is 31.6 Å². The second-order valence-corrected chi connectivity index (χ2v) is 7.39. The number of hydrogen-bond acceptors (Lipinski definition) is 6. The van der Waals surface area contributed by atoms with Gasteiger partial charge in [0.25, 0.3) is 15.7 Å². The van der Waals surface area contributed by atoms with E-state index >= 15 is 0 Å². The molecule has 1 aromatic carbocycles.